The molecule has 0 spiro atoms. The van der Waals surface area contributed by atoms with Crippen LogP contribution in [0, 0.1) is 6.92 Å². The molecule has 0 aliphatic carbocycles. The van der Waals surface area contributed by atoms with E-state index >= 15 is 0 Å². The van der Waals surface area contributed by atoms with Crippen LogP contribution in [0.1, 0.15) is 11.1 Å². The maximum atomic E-state index is 12.0. The molecule has 0 saturated carbocycles. The minimum atomic E-state index is -0.408. The highest BCUT2D eigenvalue weighted by atomic mass is 35.5. The van der Waals surface area contributed by atoms with Gasteiger partial charge in [0.05, 0.1) is 7.11 Å². The van der Waals surface area contributed by atoms with Gasteiger partial charge in [-0.1, -0.05) is 35.5 Å². The summed E-state index contributed by atoms with van der Waals surface area (Å²) in [6, 6.07) is 12.5. The van der Waals surface area contributed by atoms with E-state index in [1.165, 1.54) is 17.8 Å². The summed E-state index contributed by atoms with van der Waals surface area (Å²) in [5, 5.41) is 13.9. The molecule has 0 aliphatic heterocycles. The van der Waals surface area contributed by atoms with Gasteiger partial charge in [-0.2, -0.15) is 4.68 Å². The molecule has 2 aromatic heterocycles. The van der Waals surface area contributed by atoms with Crippen molar-refractivity contribution >= 4 is 34.3 Å². The Labute approximate surface area is 169 Å². The van der Waals surface area contributed by atoms with Crippen LogP contribution in [0.2, 0.25) is 5.02 Å². The summed E-state index contributed by atoms with van der Waals surface area (Å²) in [5.74, 6) is 1.13. The van der Waals surface area contributed by atoms with Crippen molar-refractivity contribution in [2.24, 2.45) is 0 Å². The van der Waals surface area contributed by atoms with Crippen LogP contribution in [0.25, 0.3) is 16.7 Å². The second-order valence-corrected chi connectivity index (χ2v) is 7.37. The van der Waals surface area contributed by atoms with Gasteiger partial charge in [0.1, 0.15) is 17.0 Å². The minimum Gasteiger partial charge on any atom is -0.494 e. The van der Waals surface area contributed by atoms with Crippen LogP contribution in [0.15, 0.2) is 56.8 Å². The number of benzene rings is 2. The molecule has 0 aliphatic rings. The van der Waals surface area contributed by atoms with Gasteiger partial charge >= 0.3 is 5.63 Å². The molecule has 4 rings (SSSR count). The van der Waals surface area contributed by atoms with Gasteiger partial charge < -0.3 is 9.15 Å². The smallest absolute Gasteiger partial charge is 0.336 e. The zero-order valence-electron chi connectivity index (χ0n) is 15.0. The van der Waals surface area contributed by atoms with Gasteiger partial charge in [0.15, 0.2) is 0 Å². The van der Waals surface area contributed by atoms with Crippen LogP contribution >= 0.6 is 23.4 Å². The molecule has 2 aromatic carbocycles. The highest BCUT2D eigenvalue weighted by molar-refractivity contribution is 7.98. The fourth-order valence-corrected chi connectivity index (χ4v) is 3.87. The number of para-hydroxylation sites is 2. The van der Waals surface area contributed by atoms with Crippen LogP contribution in [-0.2, 0) is 5.75 Å². The van der Waals surface area contributed by atoms with E-state index in [4.69, 9.17) is 20.8 Å². The Balaban J connectivity index is 1.69. The van der Waals surface area contributed by atoms with Crippen LogP contribution < -0.4 is 10.4 Å². The molecule has 2 heterocycles. The molecule has 0 fully saturated rings. The van der Waals surface area contributed by atoms with Crippen LogP contribution in [-0.4, -0.2) is 27.3 Å². The fraction of sp³-hybridized carbons (Fsp3) is 0.158. The summed E-state index contributed by atoms with van der Waals surface area (Å²) in [5.41, 5.74) is 2.48. The zero-order chi connectivity index (χ0) is 19.7. The number of nitrogens with zero attached hydrogens (tertiary/aromatic N) is 4. The number of hydrogen-bond donors (Lipinski definition) is 0. The summed E-state index contributed by atoms with van der Waals surface area (Å²) in [7, 11) is 1.59. The van der Waals surface area contributed by atoms with Gasteiger partial charge in [0.2, 0.25) is 5.16 Å². The standard InChI is InChI=1S/C19H15ClN4O3S/c1-11-7-17-13(9-14(11)20)12(8-18(25)27-17)10-28-19-21-22-23-24(19)15-5-3-4-6-16(15)26-2/h3-9H,10H2,1-2H3. The molecule has 0 atom stereocenters. The third kappa shape index (κ3) is 3.48. The molecule has 4 aromatic rings. The minimum absolute atomic E-state index is 0.408. The lowest BCUT2D eigenvalue weighted by Gasteiger charge is -2.10. The normalized spacial score (nSPS) is 11.1. The number of methoxy groups -OCH3 is 1. The Hall–Kier alpha value is -2.84. The summed E-state index contributed by atoms with van der Waals surface area (Å²) in [6.45, 7) is 1.87. The van der Waals surface area contributed by atoms with Crippen molar-refractivity contribution in [3.8, 4) is 11.4 Å². The number of fused-ring (bicyclic) bond motifs is 1. The summed E-state index contributed by atoms with van der Waals surface area (Å²) >= 11 is 7.66. The molecule has 7 nitrogen and oxygen atoms in total. The molecule has 142 valence electrons. The van der Waals surface area contributed by atoms with Crippen molar-refractivity contribution in [2.75, 3.05) is 7.11 Å². The summed E-state index contributed by atoms with van der Waals surface area (Å²) in [6.07, 6.45) is 0. The number of tetrazole rings is 1. The molecular formula is C19H15ClN4O3S. The maximum absolute atomic E-state index is 12.0. The van der Waals surface area contributed by atoms with E-state index in [2.05, 4.69) is 15.5 Å². The lowest BCUT2D eigenvalue weighted by Crippen LogP contribution is -2.03. The van der Waals surface area contributed by atoms with E-state index in [1.54, 1.807) is 17.9 Å². The monoisotopic (exact) mass is 414 g/mol. The molecule has 0 N–H and O–H groups in total. The second-order valence-electron chi connectivity index (χ2n) is 6.02. The summed E-state index contributed by atoms with van der Waals surface area (Å²) in [4.78, 5) is 12.0. The Kier molecular flexibility index (Phi) is 5.06. The van der Waals surface area contributed by atoms with Gasteiger partial charge in [0, 0.05) is 22.2 Å². The SMILES string of the molecule is COc1ccccc1-n1nnnc1SCc1cc(=O)oc2cc(C)c(Cl)cc12. The molecule has 0 radical (unpaired) electrons. The zero-order valence-corrected chi connectivity index (χ0v) is 16.6. The number of thioether (sulfide) groups is 1. The molecule has 0 amide bonds. The van der Waals surface area contributed by atoms with E-state index in [0.29, 0.717) is 27.3 Å². The Morgan fingerprint density at radius 1 is 1.25 bits per heavy atom. The predicted octanol–water partition coefficient (Wildman–Crippen LogP) is 4.03. The first-order chi connectivity index (χ1) is 13.6. The number of aromatic nitrogens is 4. The van der Waals surface area contributed by atoms with Gasteiger partial charge in [0.25, 0.3) is 0 Å². The first kappa shape index (κ1) is 18.5. The quantitative estimate of drug-likeness (QED) is 0.360. The molecule has 0 bridgehead atoms. The molecular weight excluding hydrogens is 400 g/mol. The molecule has 0 unspecified atom stereocenters. The van der Waals surface area contributed by atoms with E-state index in [0.717, 1.165) is 22.2 Å². The molecule has 0 saturated heterocycles. The third-order valence-corrected chi connectivity index (χ3v) is 5.60. The van der Waals surface area contributed by atoms with Gasteiger partial charge in [-0.3, -0.25) is 0 Å². The molecule has 9 heteroatoms. The van der Waals surface area contributed by atoms with Crippen molar-refractivity contribution in [2.45, 2.75) is 17.8 Å². The number of ether oxygens (including phenoxy) is 1. The first-order valence-electron chi connectivity index (χ1n) is 8.34. The van der Waals surface area contributed by atoms with Gasteiger partial charge in [-0.15, -0.1) is 5.10 Å². The van der Waals surface area contributed by atoms with Crippen molar-refractivity contribution in [3.63, 3.8) is 0 Å². The highest BCUT2D eigenvalue weighted by Gasteiger charge is 2.15. The lowest BCUT2D eigenvalue weighted by molar-refractivity contribution is 0.410. The third-order valence-electron chi connectivity index (χ3n) is 4.22. The number of aryl methyl sites for hydroxylation is 1. The van der Waals surface area contributed by atoms with Crippen molar-refractivity contribution in [3.05, 3.63) is 69.0 Å². The van der Waals surface area contributed by atoms with E-state index in [-0.39, 0.29) is 0 Å². The molecule has 28 heavy (non-hydrogen) atoms. The van der Waals surface area contributed by atoms with E-state index < -0.39 is 5.63 Å². The van der Waals surface area contributed by atoms with Crippen molar-refractivity contribution < 1.29 is 9.15 Å². The average molecular weight is 415 g/mol. The van der Waals surface area contributed by atoms with Crippen molar-refractivity contribution in [1.29, 1.82) is 0 Å². The van der Waals surface area contributed by atoms with Gasteiger partial charge in [-0.05, 0) is 52.7 Å². The van der Waals surface area contributed by atoms with E-state index in [1.807, 2.05) is 37.3 Å². The Morgan fingerprint density at radius 2 is 2.07 bits per heavy atom. The first-order valence-corrected chi connectivity index (χ1v) is 9.70. The highest BCUT2D eigenvalue weighted by Crippen LogP contribution is 2.31. The van der Waals surface area contributed by atoms with Gasteiger partial charge in [-0.25, -0.2) is 4.79 Å². The number of rotatable bonds is 5. The van der Waals surface area contributed by atoms with Crippen LogP contribution in [0.3, 0.4) is 0 Å². The maximum Gasteiger partial charge on any atom is 0.336 e. The van der Waals surface area contributed by atoms with Crippen molar-refractivity contribution in [1.82, 2.24) is 20.2 Å². The average Bonchev–Trinajstić information content (AvgIpc) is 3.16. The predicted molar refractivity (Wildman–Crippen MR) is 107 cm³/mol. The number of halogens is 1. The second kappa shape index (κ2) is 7.65. The Morgan fingerprint density at radius 3 is 2.89 bits per heavy atom. The van der Waals surface area contributed by atoms with E-state index in [9.17, 15) is 4.79 Å². The fourth-order valence-electron chi connectivity index (χ4n) is 2.83. The van der Waals surface area contributed by atoms with Crippen LogP contribution in [0.4, 0.5) is 0 Å². The largest absolute Gasteiger partial charge is 0.494 e. The summed E-state index contributed by atoms with van der Waals surface area (Å²) < 4.78 is 12.3. The lowest BCUT2D eigenvalue weighted by atomic mass is 10.1. The number of hydrogen-bond acceptors (Lipinski definition) is 7. The van der Waals surface area contributed by atoms with Crippen LogP contribution in [0.5, 0.6) is 5.75 Å². The topological polar surface area (TPSA) is 83.0 Å². The Bertz CT molecular complexity index is 1220.